The predicted octanol–water partition coefficient (Wildman–Crippen LogP) is 3.26. The summed E-state index contributed by atoms with van der Waals surface area (Å²) in [5, 5.41) is 3.29. The monoisotopic (exact) mass is 287 g/mol. The number of rotatable bonds is 4. The minimum atomic E-state index is 0. The summed E-state index contributed by atoms with van der Waals surface area (Å²) in [6.07, 6.45) is 0. The molecule has 3 heteroatoms. The van der Waals surface area contributed by atoms with E-state index in [4.69, 9.17) is 4.74 Å². The predicted molar refractivity (Wildman–Crippen MR) is 85.3 cm³/mol. The van der Waals surface area contributed by atoms with Crippen molar-refractivity contribution < 1.29 is 4.74 Å². The molecule has 0 amide bonds. The molecule has 0 aliphatic rings. The minimum absolute atomic E-state index is 0. The summed E-state index contributed by atoms with van der Waals surface area (Å²) in [7, 11) is 1.67. The minimum Gasteiger partial charge on any atom is -0.497 e. The Balaban J connectivity index is 0.00000200. The normalized spacial score (nSPS) is 9.05. The van der Waals surface area contributed by atoms with Gasteiger partial charge in [0.2, 0.25) is 0 Å². The lowest BCUT2D eigenvalue weighted by Gasteiger charge is -2.03. The van der Waals surface area contributed by atoms with Crippen LogP contribution in [0.15, 0.2) is 54.6 Å². The van der Waals surface area contributed by atoms with E-state index in [1.165, 1.54) is 5.56 Å². The van der Waals surface area contributed by atoms with Gasteiger partial charge in [-0.25, -0.2) is 0 Å². The van der Waals surface area contributed by atoms with Crippen molar-refractivity contribution in [2.75, 3.05) is 13.7 Å². The number of hydrogen-bond donors (Lipinski definition) is 1. The summed E-state index contributed by atoms with van der Waals surface area (Å²) in [5.74, 6) is 7.11. The quantitative estimate of drug-likeness (QED) is 0.688. The SMILES string of the molecule is COc1ccc(CNCC#Cc2ccccc2)cc1.Cl. The van der Waals surface area contributed by atoms with Crippen LogP contribution in [-0.2, 0) is 6.54 Å². The first kappa shape index (κ1) is 16.1. The fourth-order valence-corrected chi connectivity index (χ4v) is 1.68. The van der Waals surface area contributed by atoms with Crippen molar-refractivity contribution in [3.63, 3.8) is 0 Å². The van der Waals surface area contributed by atoms with Gasteiger partial charge in [0.15, 0.2) is 0 Å². The van der Waals surface area contributed by atoms with Gasteiger partial charge in [-0.1, -0.05) is 42.2 Å². The molecule has 0 atom stereocenters. The lowest BCUT2D eigenvalue weighted by atomic mass is 10.2. The largest absolute Gasteiger partial charge is 0.497 e. The van der Waals surface area contributed by atoms with E-state index in [9.17, 15) is 0 Å². The molecule has 2 aromatic carbocycles. The molecular weight excluding hydrogens is 270 g/mol. The molecule has 0 fully saturated rings. The Bertz CT molecular complexity index is 555. The molecule has 0 aliphatic heterocycles. The van der Waals surface area contributed by atoms with Gasteiger partial charge < -0.3 is 10.1 Å². The highest BCUT2D eigenvalue weighted by atomic mass is 35.5. The fourth-order valence-electron chi connectivity index (χ4n) is 1.68. The molecule has 0 saturated carbocycles. The summed E-state index contributed by atoms with van der Waals surface area (Å²) < 4.78 is 5.12. The summed E-state index contributed by atoms with van der Waals surface area (Å²) in [6.45, 7) is 1.49. The van der Waals surface area contributed by atoms with Crippen LogP contribution in [0.5, 0.6) is 5.75 Å². The van der Waals surface area contributed by atoms with E-state index in [1.807, 2.05) is 42.5 Å². The molecule has 104 valence electrons. The van der Waals surface area contributed by atoms with E-state index in [2.05, 4.69) is 29.3 Å². The average molecular weight is 288 g/mol. The lowest BCUT2D eigenvalue weighted by molar-refractivity contribution is 0.414. The van der Waals surface area contributed by atoms with Crippen LogP contribution >= 0.6 is 12.4 Å². The first-order valence-corrected chi connectivity index (χ1v) is 6.26. The molecule has 0 aliphatic carbocycles. The van der Waals surface area contributed by atoms with E-state index >= 15 is 0 Å². The summed E-state index contributed by atoms with van der Waals surface area (Å²) in [4.78, 5) is 0. The molecule has 0 radical (unpaired) electrons. The first-order valence-electron chi connectivity index (χ1n) is 6.26. The zero-order valence-corrected chi connectivity index (χ0v) is 12.2. The molecule has 0 heterocycles. The molecule has 20 heavy (non-hydrogen) atoms. The van der Waals surface area contributed by atoms with Gasteiger partial charge in [-0.2, -0.15) is 0 Å². The zero-order valence-electron chi connectivity index (χ0n) is 11.4. The molecular formula is C17H18ClNO. The molecule has 0 spiro atoms. The lowest BCUT2D eigenvalue weighted by Crippen LogP contribution is -2.13. The second kappa shape index (κ2) is 9.03. The van der Waals surface area contributed by atoms with Crippen LogP contribution in [0.25, 0.3) is 0 Å². The Morgan fingerprint density at radius 3 is 2.35 bits per heavy atom. The molecule has 0 saturated heterocycles. The van der Waals surface area contributed by atoms with Crippen molar-refractivity contribution in [1.29, 1.82) is 0 Å². The Kier molecular flexibility index (Phi) is 7.27. The third kappa shape index (κ3) is 5.36. The summed E-state index contributed by atoms with van der Waals surface area (Å²) >= 11 is 0. The first-order chi connectivity index (χ1) is 9.38. The van der Waals surface area contributed by atoms with Crippen molar-refractivity contribution in [2.45, 2.75) is 6.54 Å². The third-order valence-electron chi connectivity index (χ3n) is 2.71. The number of methoxy groups -OCH3 is 1. The number of nitrogens with one attached hydrogen (secondary N) is 1. The van der Waals surface area contributed by atoms with E-state index in [-0.39, 0.29) is 12.4 Å². The second-order valence-corrected chi connectivity index (χ2v) is 4.12. The maximum atomic E-state index is 5.12. The zero-order chi connectivity index (χ0) is 13.3. The van der Waals surface area contributed by atoms with Crippen LogP contribution < -0.4 is 10.1 Å². The molecule has 2 rings (SSSR count). The van der Waals surface area contributed by atoms with Gasteiger partial charge in [0, 0.05) is 12.1 Å². The van der Waals surface area contributed by atoms with E-state index < -0.39 is 0 Å². The van der Waals surface area contributed by atoms with Crippen molar-refractivity contribution in [2.24, 2.45) is 0 Å². The highest BCUT2D eigenvalue weighted by Gasteiger charge is 1.92. The topological polar surface area (TPSA) is 21.3 Å². The van der Waals surface area contributed by atoms with Crippen molar-refractivity contribution in [3.8, 4) is 17.6 Å². The van der Waals surface area contributed by atoms with Gasteiger partial charge in [0.25, 0.3) is 0 Å². The maximum Gasteiger partial charge on any atom is 0.118 e. The fraction of sp³-hybridized carbons (Fsp3) is 0.176. The van der Waals surface area contributed by atoms with Gasteiger partial charge >= 0.3 is 0 Å². The van der Waals surface area contributed by atoms with Crippen molar-refractivity contribution in [1.82, 2.24) is 5.32 Å². The van der Waals surface area contributed by atoms with Crippen LogP contribution in [-0.4, -0.2) is 13.7 Å². The molecule has 1 N–H and O–H groups in total. The number of halogens is 1. The molecule has 0 unspecified atom stereocenters. The van der Waals surface area contributed by atoms with Gasteiger partial charge in [-0.15, -0.1) is 12.4 Å². The van der Waals surface area contributed by atoms with E-state index in [0.717, 1.165) is 17.9 Å². The highest BCUT2D eigenvalue weighted by molar-refractivity contribution is 5.85. The molecule has 0 bridgehead atoms. The third-order valence-corrected chi connectivity index (χ3v) is 2.71. The Morgan fingerprint density at radius 1 is 1.00 bits per heavy atom. The van der Waals surface area contributed by atoms with E-state index in [0.29, 0.717) is 6.54 Å². The molecule has 0 aromatic heterocycles. The number of ether oxygens (including phenoxy) is 1. The average Bonchev–Trinajstić information content (AvgIpc) is 2.49. The standard InChI is InChI=1S/C17H17NO.ClH/c1-19-17-11-9-16(10-12-17)14-18-13-5-8-15-6-3-2-4-7-15;/h2-4,6-7,9-12,18H,13-14H2,1H3;1H. The van der Waals surface area contributed by atoms with Crippen LogP contribution in [0.1, 0.15) is 11.1 Å². The van der Waals surface area contributed by atoms with Crippen LogP contribution in [0.3, 0.4) is 0 Å². The summed E-state index contributed by atoms with van der Waals surface area (Å²) in [6, 6.07) is 18.0. The number of hydrogen-bond acceptors (Lipinski definition) is 2. The van der Waals surface area contributed by atoms with Crippen LogP contribution in [0.4, 0.5) is 0 Å². The maximum absolute atomic E-state index is 5.12. The Morgan fingerprint density at radius 2 is 1.70 bits per heavy atom. The van der Waals surface area contributed by atoms with Gasteiger partial charge in [-0.05, 0) is 29.8 Å². The Labute approximate surface area is 126 Å². The van der Waals surface area contributed by atoms with Gasteiger partial charge in [-0.3, -0.25) is 0 Å². The molecule has 2 nitrogen and oxygen atoms in total. The highest BCUT2D eigenvalue weighted by Crippen LogP contribution is 2.10. The summed E-state index contributed by atoms with van der Waals surface area (Å²) in [5.41, 5.74) is 2.27. The van der Waals surface area contributed by atoms with E-state index in [1.54, 1.807) is 7.11 Å². The van der Waals surface area contributed by atoms with Crippen LogP contribution in [0, 0.1) is 11.8 Å². The molecule has 2 aromatic rings. The van der Waals surface area contributed by atoms with Crippen molar-refractivity contribution in [3.05, 3.63) is 65.7 Å². The van der Waals surface area contributed by atoms with Crippen molar-refractivity contribution >= 4 is 12.4 Å². The second-order valence-electron chi connectivity index (χ2n) is 4.12. The Hall–Kier alpha value is -1.95. The van der Waals surface area contributed by atoms with Gasteiger partial charge in [0.1, 0.15) is 5.75 Å². The van der Waals surface area contributed by atoms with Gasteiger partial charge in [0.05, 0.1) is 13.7 Å². The smallest absolute Gasteiger partial charge is 0.118 e. The van der Waals surface area contributed by atoms with Crippen LogP contribution in [0.2, 0.25) is 0 Å². The number of benzene rings is 2.